The molecular formula is C15H17N3O3S. The molecule has 0 amide bonds. The minimum absolute atomic E-state index is 0.0763. The van der Waals surface area contributed by atoms with Gasteiger partial charge in [-0.1, -0.05) is 17.8 Å². The van der Waals surface area contributed by atoms with E-state index in [-0.39, 0.29) is 17.1 Å². The van der Waals surface area contributed by atoms with E-state index >= 15 is 0 Å². The van der Waals surface area contributed by atoms with Crippen molar-refractivity contribution in [3.8, 4) is 11.5 Å². The minimum atomic E-state index is -0.127. The van der Waals surface area contributed by atoms with E-state index < -0.39 is 0 Å². The third kappa shape index (κ3) is 2.95. The number of fused-ring (bicyclic) bond motifs is 1. The van der Waals surface area contributed by atoms with Crippen molar-refractivity contribution in [2.24, 2.45) is 0 Å². The first-order valence-corrected chi connectivity index (χ1v) is 8.18. The quantitative estimate of drug-likeness (QED) is 0.451. The van der Waals surface area contributed by atoms with Crippen LogP contribution in [0, 0.1) is 0 Å². The lowest BCUT2D eigenvalue weighted by Gasteiger charge is -2.27. The Morgan fingerprint density at radius 2 is 2.18 bits per heavy atom. The number of aromatic nitrogens is 2. The molecule has 0 aliphatic carbocycles. The molecule has 0 spiro atoms. The first-order chi connectivity index (χ1) is 10.6. The topological polar surface area (TPSA) is 89.5 Å². The zero-order valence-electron chi connectivity index (χ0n) is 12.2. The molecule has 0 atom stereocenters. The number of hydrogen-bond donors (Lipinski definition) is 3. The number of aromatic hydroxyl groups is 2. The first-order valence-electron chi connectivity index (χ1n) is 6.96. The fourth-order valence-electron chi connectivity index (χ4n) is 2.62. The van der Waals surface area contributed by atoms with Gasteiger partial charge < -0.3 is 15.2 Å². The number of H-pyrrole nitrogens is 1. The SMILES string of the molecule is CSc1nc2c(c(=O)[nH]1)CN(Cc1ccc(O)c(O)c1)CC2. The zero-order chi connectivity index (χ0) is 15.7. The van der Waals surface area contributed by atoms with Crippen LogP contribution < -0.4 is 5.56 Å². The summed E-state index contributed by atoms with van der Waals surface area (Å²) in [5.74, 6) is -0.253. The van der Waals surface area contributed by atoms with Crippen LogP contribution in [0.2, 0.25) is 0 Å². The number of nitrogens with one attached hydrogen (secondary N) is 1. The molecule has 3 N–H and O–H groups in total. The number of aromatic amines is 1. The Hall–Kier alpha value is -1.99. The summed E-state index contributed by atoms with van der Waals surface area (Å²) in [6, 6.07) is 4.79. The summed E-state index contributed by atoms with van der Waals surface area (Å²) in [4.78, 5) is 21.5. The summed E-state index contributed by atoms with van der Waals surface area (Å²) in [6.45, 7) is 1.95. The summed E-state index contributed by atoms with van der Waals surface area (Å²) in [5.41, 5.74) is 2.40. The molecular weight excluding hydrogens is 302 g/mol. The van der Waals surface area contributed by atoms with E-state index in [1.54, 1.807) is 12.1 Å². The molecule has 6 nitrogen and oxygen atoms in total. The van der Waals surface area contributed by atoms with Crippen LogP contribution in [-0.4, -0.2) is 37.9 Å². The molecule has 2 heterocycles. The van der Waals surface area contributed by atoms with Gasteiger partial charge in [-0.3, -0.25) is 9.69 Å². The Morgan fingerprint density at radius 1 is 1.36 bits per heavy atom. The maximum atomic E-state index is 12.1. The summed E-state index contributed by atoms with van der Waals surface area (Å²) in [6.07, 6.45) is 2.62. The highest BCUT2D eigenvalue weighted by molar-refractivity contribution is 7.98. The molecule has 7 heteroatoms. The van der Waals surface area contributed by atoms with Crippen LogP contribution >= 0.6 is 11.8 Å². The lowest BCUT2D eigenvalue weighted by atomic mass is 10.1. The van der Waals surface area contributed by atoms with Gasteiger partial charge in [0.15, 0.2) is 16.7 Å². The van der Waals surface area contributed by atoms with Crippen LogP contribution in [0.15, 0.2) is 28.2 Å². The molecule has 1 aliphatic rings. The van der Waals surface area contributed by atoms with Crippen LogP contribution in [-0.2, 0) is 19.5 Å². The predicted octanol–water partition coefficient (Wildman–Crippen LogP) is 1.46. The molecule has 0 fully saturated rings. The molecule has 3 rings (SSSR count). The number of phenolic OH excluding ortho intramolecular Hbond substituents is 2. The number of benzene rings is 1. The molecule has 0 saturated heterocycles. The smallest absolute Gasteiger partial charge is 0.256 e. The van der Waals surface area contributed by atoms with Crippen LogP contribution in [0.25, 0.3) is 0 Å². The summed E-state index contributed by atoms with van der Waals surface area (Å²) >= 11 is 1.43. The third-order valence-corrected chi connectivity index (χ3v) is 4.35. The Labute approximate surface area is 131 Å². The van der Waals surface area contributed by atoms with Crippen LogP contribution in [0.3, 0.4) is 0 Å². The van der Waals surface area contributed by atoms with Crippen LogP contribution in [0.1, 0.15) is 16.8 Å². The molecule has 116 valence electrons. The Kier molecular flexibility index (Phi) is 4.08. The zero-order valence-corrected chi connectivity index (χ0v) is 13.0. The van der Waals surface area contributed by atoms with E-state index in [1.807, 2.05) is 6.26 Å². The molecule has 0 radical (unpaired) electrons. The lowest BCUT2D eigenvalue weighted by Crippen LogP contribution is -2.35. The van der Waals surface area contributed by atoms with Crippen molar-refractivity contribution >= 4 is 11.8 Å². The van der Waals surface area contributed by atoms with E-state index in [1.165, 1.54) is 17.8 Å². The Bertz CT molecular complexity index is 760. The van der Waals surface area contributed by atoms with Crippen molar-refractivity contribution < 1.29 is 10.2 Å². The predicted molar refractivity (Wildman–Crippen MR) is 84.2 cm³/mol. The van der Waals surface area contributed by atoms with E-state index in [0.29, 0.717) is 23.8 Å². The van der Waals surface area contributed by atoms with Gasteiger partial charge in [-0.2, -0.15) is 0 Å². The van der Waals surface area contributed by atoms with Gasteiger partial charge in [0.05, 0.1) is 11.3 Å². The number of phenols is 2. The highest BCUT2D eigenvalue weighted by Gasteiger charge is 2.21. The molecule has 1 aromatic carbocycles. The van der Waals surface area contributed by atoms with Gasteiger partial charge in [0.1, 0.15) is 0 Å². The van der Waals surface area contributed by atoms with Crippen molar-refractivity contribution in [3.63, 3.8) is 0 Å². The average molecular weight is 319 g/mol. The molecule has 2 aromatic rings. The highest BCUT2D eigenvalue weighted by Crippen LogP contribution is 2.26. The number of thioether (sulfide) groups is 1. The maximum absolute atomic E-state index is 12.1. The van der Waals surface area contributed by atoms with E-state index in [0.717, 1.165) is 24.2 Å². The van der Waals surface area contributed by atoms with Gasteiger partial charge >= 0.3 is 0 Å². The van der Waals surface area contributed by atoms with Crippen molar-refractivity contribution in [1.29, 1.82) is 0 Å². The number of nitrogens with zero attached hydrogens (tertiary/aromatic N) is 2. The normalized spacial score (nSPS) is 14.8. The van der Waals surface area contributed by atoms with Gasteiger partial charge in [-0.05, 0) is 24.0 Å². The molecule has 1 aliphatic heterocycles. The van der Waals surface area contributed by atoms with Crippen molar-refractivity contribution in [2.75, 3.05) is 12.8 Å². The number of hydrogen-bond acceptors (Lipinski definition) is 6. The van der Waals surface area contributed by atoms with E-state index in [4.69, 9.17) is 0 Å². The molecule has 0 saturated carbocycles. The maximum Gasteiger partial charge on any atom is 0.256 e. The van der Waals surface area contributed by atoms with Crippen molar-refractivity contribution in [2.45, 2.75) is 24.7 Å². The van der Waals surface area contributed by atoms with Crippen molar-refractivity contribution in [3.05, 3.63) is 45.4 Å². The fraction of sp³-hybridized carbons (Fsp3) is 0.333. The monoisotopic (exact) mass is 319 g/mol. The van der Waals surface area contributed by atoms with Gasteiger partial charge in [0.25, 0.3) is 5.56 Å². The summed E-state index contributed by atoms with van der Waals surface area (Å²) in [5, 5.41) is 19.6. The first kappa shape index (κ1) is 14.9. The van der Waals surface area contributed by atoms with Gasteiger partial charge in [0.2, 0.25) is 0 Å². The van der Waals surface area contributed by atoms with Crippen LogP contribution in [0.5, 0.6) is 11.5 Å². The standard InChI is InChI=1S/C15H17N3O3S/c1-22-15-16-11-4-5-18(8-10(11)14(21)17-15)7-9-2-3-12(19)13(20)6-9/h2-3,6,19-20H,4-5,7-8H2,1H3,(H,16,17,21). The minimum Gasteiger partial charge on any atom is -0.504 e. The van der Waals surface area contributed by atoms with Gasteiger partial charge in [-0.15, -0.1) is 0 Å². The molecule has 1 aromatic heterocycles. The third-order valence-electron chi connectivity index (χ3n) is 3.77. The fourth-order valence-corrected chi connectivity index (χ4v) is 3.01. The summed E-state index contributed by atoms with van der Waals surface area (Å²) in [7, 11) is 0. The number of rotatable bonds is 3. The van der Waals surface area contributed by atoms with Gasteiger partial charge in [-0.25, -0.2) is 4.98 Å². The second kappa shape index (κ2) is 6.02. The summed E-state index contributed by atoms with van der Waals surface area (Å²) < 4.78 is 0. The second-order valence-corrected chi connectivity index (χ2v) is 6.08. The molecule has 0 bridgehead atoms. The van der Waals surface area contributed by atoms with E-state index in [9.17, 15) is 15.0 Å². The lowest BCUT2D eigenvalue weighted by molar-refractivity contribution is 0.240. The van der Waals surface area contributed by atoms with Crippen LogP contribution in [0.4, 0.5) is 0 Å². The molecule has 22 heavy (non-hydrogen) atoms. The van der Waals surface area contributed by atoms with Crippen molar-refractivity contribution in [1.82, 2.24) is 14.9 Å². The Balaban J connectivity index is 1.79. The largest absolute Gasteiger partial charge is 0.504 e. The average Bonchev–Trinajstić information content (AvgIpc) is 2.51. The van der Waals surface area contributed by atoms with Gasteiger partial charge in [0, 0.05) is 26.1 Å². The second-order valence-electron chi connectivity index (χ2n) is 5.28. The van der Waals surface area contributed by atoms with E-state index in [2.05, 4.69) is 14.9 Å². The Morgan fingerprint density at radius 3 is 2.91 bits per heavy atom. The highest BCUT2D eigenvalue weighted by atomic mass is 32.2. The molecule has 0 unspecified atom stereocenters.